The second-order valence-corrected chi connectivity index (χ2v) is 8.86. The summed E-state index contributed by atoms with van der Waals surface area (Å²) in [5.74, 6) is -11.9. The molecule has 170 valence electrons. The molecule has 0 radical (unpaired) electrons. The van der Waals surface area contributed by atoms with Gasteiger partial charge in [0.15, 0.2) is 28.2 Å². The van der Waals surface area contributed by atoms with Crippen molar-refractivity contribution in [3.05, 3.63) is 94.8 Å². The van der Waals surface area contributed by atoms with Crippen molar-refractivity contribution in [3.63, 3.8) is 0 Å². The van der Waals surface area contributed by atoms with Crippen LogP contribution in [0, 0.1) is 29.1 Å². The molecule has 0 aliphatic rings. The first kappa shape index (κ1) is 23.7. The van der Waals surface area contributed by atoms with E-state index in [0.717, 1.165) is 5.56 Å². The van der Waals surface area contributed by atoms with Crippen molar-refractivity contribution < 1.29 is 30.4 Å². The van der Waals surface area contributed by atoms with Crippen LogP contribution in [0.1, 0.15) is 11.1 Å². The maximum absolute atomic E-state index is 14.3. The lowest BCUT2D eigenvalue weighted by Gasteiger charge is -2.23. The maximum Gasteiger partial charge on any atom is 0.249 e. The van der Waals surface area contributed by atoms with Crippen LogP contribution in [-0.2, 0) is 22.9 Å². The fourth-order valence-corrected chi connectivity index (χ4v) is 4.75. The largest absolute Gasteiger partial charge is 0.399 e. The number of para-hydroxylation sites is 1. The van der Waals surface area contributed by atoms with Gasteiger partial charge in [0, 0.05) is 18.8 Å². The third kappa shape index (κ3) is 4.76. The molecule has 32 heavy (non-hydrogen) atoms. The minimum atomic E-state index is -5.08. The third-order valence-corrected chi connectivity index (χ3v) is 6.87. The molecular formula is C22H19F5N2O2S. The van der Waals surface area contributed by atoms with Gasteiger partial charge >= 0.3 is 0 Å². The van der Waals surface area contributed by atoms with Crippen LogP contribution in [0.4, 0.5) is 27.6 Å². The van der Waals surface area contributed by atoms with E-state index < -0.39 is 44.0 Å². The second-order valence-electron chi connectivity index (χ2n) is 6.99. The molecule has 0 saturated heterocycles. The van der Waals surface area contributed by atoms with Gasteiger partial charge in [-0.1, -0.05) is 48.5 Å². The molecule has 0 amide bonds. The normalized spacial score (nSPS) is 11.8. The van der Waals surface area contributed by atoms with E-state index in [2.05, 4.69) is 0 Å². The van der Waals surface area contributed by atoms with E-state index in [1.807, 2.05) is 0 Å². The lowest BCUT2D eigenvalue weighted by atomic mass is 10.1. The summed E-state index contributed by atoms with van der Waals surface area (Å²) in [7, 11) is -5.08. The van der Waals surface area contributed by atoms with Gasteiger partial charge in [0.1, 0.15) is 0 Å². The predicted molar refractivity (Wildman–Crippen MR) is 110 cm³/mol. The lowest BCUT2D eigenvalue weighted by Crippen LogP contribution is -2.36. The van der Waals surface area contributed by atoms with Crippen LogP contribution in [0.5, 0.6) is 0 Å². The molecule has 0 bridgehead atoms. The van der Waals surface area contributed by atoms with Gasteiger partial charge < -0.3 is 5.73 Å². The molecule has 4 nitrogen and oxygen atoms in total. The van der Waals surface area contributed by atoms with Gasteiger partial charge in [0.25, 0.3) is 0 Å². The van der Waals surface area contributed by atoms with Crippen molar-refractivity contribution in [1.29, 1.82) is 0 Å². The maximum atomic E-state index is 14.3. The van der Waals surface area contributed by atoms with Crippen molar-refractivity contribution in [1.82, 2.24) is 4.31 Å². The van der Waals surface area contributed by atoms with E-state index in [1.54, 1.807) is 54.6 Å². The van der Waals surface area contributed by atoms with Gasteiger partial charge in [-0.25, -0.2) is 30.4 Å². The molecule has 0 fully saturated rings. The first-order valence-corrected chi connectivity index (χ1v) is 11.0. The fraction of sp³-hybridized carbons (Fsp3) is 0.182. The van der Waals surface area contributed by atoms with E-state index in [4.69, 9.17) is 5.73 Å². The molecule has 0 aliphatic heterocycles. The van der Waals surface area contributed by atoms with Crippen LogP contribution < -0.4 is 5.73 Å². The summed E-state index contributed by atoms with van der Waals surface area (Å²) in [4.78, 5) is -1.87. The highest BCUT2D eigenvalue weighted by atomic mass is 32.2. The number of benzene rings is 3. The highest BCUT2D eigenvalue weighted by molar-refractivity contribution is 7.89. The molecule has 3 aromatic rings. The lowest BCUT2D eigenvalue weighted by molar-refractivity contribution is 0.349. The molecule has 10 heteroatoms. The first-order valence-electron chi connectivity index (χ1n) is 9.53. The summed E-state index contributed by atoms with van der Waals surface area (Å²) >= 11 is 0. The predicted octanol–water partition coefficient (Wildman–Crippen LogP) is 4.44. The molecule has 0 aromatic heterocycles. The quantitative estimate of drug-likeness (QED) is 0.229. The summed E-state index contributed by atoms with van der Waals surface area (Å²) in [5, 5.41) is 0. The van der Waals surface area contributed by atoms with Crippen LogP contribution in [0.2, 0.25) is 0 Å². The summed E-state index contributed by atoms with van der Waals surface area (Å²) in [5.41, 5.74) is 7.55. The molecule has 0 atom stereocenters. The van der Waals surface area contributed by atoms with Crippen LogP contribution in [0.15, 0.2) is 59.5 Å². The third-order valence-electron chi connectivity index (χ3n) is 4.95. The Labute approximate surface area is 182 Å². The Morgan fingerprint density at radius 2 is 1.19 bits per heavy atom. The smallest absolute Gasteiger partial charge is 0.249 e. The average Bonchev–Trinajstić information content (AvgIpc) is 2.78. The van der Waals surface area contributed by atoms with Crippen LogP contribution in [0.25, 0.3) is 0 Å². The molecule has 0 heterocycles. The molecule has 0 saturated carbocycles. The molecule has 0 spiro atoms. The number of hydrogen-bond acceptors (Lipinski definition) is 3. The molecule has 0 unspecified atom stereocenters. The first-order chi connectivity index (χ1) is 15.1. The van der Waals surface area contributed by atoms with Crippen molar-refractivity contribution >= 4 is 15.7 Å². The monoisotopic (exact) mass is 470 g/mol. The van der Waals surface area contributed by atoms with Crippen molar-refractivity contribution in [2.45, 2.75) is 17.7 Å². The van der Waals surface area contributed by atoms with Gasteiger partial charge in [0.2, 0.25) is 15.8 Å². The molecule has 0 aliphatic carbocycles. The zero-order valence-electron chi connectivity index (χ0n) is 16.7. The summed E-state index contributed by atoms with van der Waals surface area (Å²) < 4.78 is 96.3. The van der Waals surface area contributed by atoms with Gasteiger partial charge in [-0.05, 0) is 30.0 Å². The van der Waals surface area contributed by atoms with Crippen LogP contribution >= 0.6 is 0 Å². The summed E-state index contributed by atoms with van der Waals surface area (Å²) in [6.45, 7) is -0.540. The Balaban J connectivity index is 2.00. The standard InChI is InChI=1S/C22H19F5N2O2S/c23-17-18(24)20(26)22(21(27)19(17)25)32(30,31)29(12-10-14-6-2-1-3-7-14)13-11-15-8-4-5-9-16(15)28/h1-9H,10-13,28H2. The van der Waals surface area contributed by atoms with Gasteiger partial charge in [-0.3, -0.25) is 0 Å². The number of nitrogens with two attached hydrogens (primary N) is 1. The minimum Gasteiger partial charge on any atom is -0.399 e. The van der Waals surface area contributed by atoms with Crippen molar-refractivity contribution in [2.75, 3.05) is 18.8 Å². The minimum absolute atomic E-state index is 0.0656. The van der Waals surface area contributed by atoms with Gasteiger partial charge in [-0.2, -0.15) is 4.31 Å². The summed E-state index contributed by atoms with van der Waals surface area (Å²) in [6.07, 6.45) is 0.218. The zero-order valence-corrected chi connectivity index (χ0v) is 17.5. The van der Waals surface area contributed by atoms with Gasteiger partial charge in [0.05, 0.1) is 0 Å². The van der Waals surface area contributed by atoms with Gasteiger partial charge in [-0.15, -0.1) is 0 Å². The Morgan fingerprint density at radius 3 is 1.78 bits per heavy atom. The number of nitrogen functional groups attached to an aromatic ring is 1. The van der Waals surface area contributed by atoms with E-state index >= 15 is 0 Å². The highest BCUT2D eigenvalue weighted by Gasteiger charge is 2.37. The Hall–Kier alpha value is -2.98. The number of anilines is 1. The number of sulfonamides is 1. The molecule has 3 aromatic carbocycles. The molecule has 3 rings (SSSR count). The van der Waals surface area contributed by atoms with E-state index in [9.17, 15) is 30.4 Å². The van der Waals surface area contributed by atoms with E-state index in [-0.39, 0.29) is 25.9 Å². The number of halogens is 5. The van der Waals surface area contributed by atoms with Crippen LogP contribution in [-0.4, -0.2) is 25.8 Å². The Bertz CT molecular complexity index is 1190. The van der Waals surface area contributed by atoms with E-state index in [1.165, 1.54) is 0 Å². The SMILES string of the molecule is Nc1ccccc1CCN(CCc1ccccc1)S(=O)(=O)c1c(F)c(F)c(F)c(F)c1F. The fourth-order valence-electron chi connectivity index (χ4n) is 3.20. The zero-order chi connectivity index (χ0) is 23.5. The van der Waals surface area contributed by atoms with Crippen molar-refractivity contribution in [3.8, 4) is 0 Å². The average molecular weight is 470 g/mol. The Kier molecular flexibility index (Phi) is 7.15. The summed E-state index contributed by atoms with van der Waals surface area (Å²) in [6, 6.07) is 15.3. The molecule has 2 N–H and O–H groups in total. The second kappa shape index (κ2) is 9.66. The van der Waals surface area contributed by atoms with E-state index in [0.29, 0.717) is 15.6 Å². The Morgan fingerprint density at radius 1 is 0.688 bits per heavy atom. The number of hydrogen-bond donors (Lipinski definition) is 1. The van der Waals surface area contributed by atoms with Crippen molar-refractivity contribution in [2.24, 2.45) is 0 Å². The van der Waals surface area contributed by atoms with Crippen LogP contribution in [0.3, 0.4) is 0 Å². The topological polar surface area (TPSA) is 63.4 Å². The molecular weight excluding hydrogens is 451 g/mol. The highest BCUT2D eigenvalue weighted by Crippen LogP contribution is 2.29. The number of rotatable bonds is 8. The number of nitrogens with zero attached hydrogens (tertiary/aromatic N) is 1.